The van der Waals surface area contributed by atoms with Crippen LogP contribution in [-0.4, -0.2) is 35.8 Å². The minimum absolute atomic E-state index is 0.0133. The molecule has 4 heteroatoms. The van der Waals surface area contributed by atoms with Crippen LogP contribution in [0.3, 0.4) is 0 Å². The molecule has 0 aliphatic carbocycles. The maximum Gasteiger partial charge on any atom is 0.178 e. The molecule has 0 aromatic carbocycles. The average molecular weight is 188 g/mol. The van der Waals surface area contributed by atoms with Gasteiger partial charge in [0.1, 0.15) is 5.78 Å². The normalized spacial score (nSPS) is 12.5. The molecule has 13 heavy (non-hydrogen) atoms. The lowest BCUT2D eigenvalue weighted by atomic mass is 10.3. The van der Waals surface area contributed by atoms with E-state index in [1.54, 1.807) is 0 Å². The fraction of sp³-hybridized carbons (Fsp3) is 0.667. The lowest BCUT2D eigenvalue weighted by molar-refractivity contribution is -0.918. The summed E-state index contributed by atoms with van der Waals surface area (Å²) >= 11 is 0. The molecule has 0 bridgehead atoms. The van der Waals surface area contributed by atoms with Crippen LogP contribution in [0.15, 0.2) is 12.3 Å². The van der Waals surface area contributed by atoms with Gasteiger partial charge in [-0.05, 0) is 6.92 Å². The number of rotatable bonds is 7. The molecule has 0 aliphatic heterocycles. The van der Waals surface area contributed by atoms with E-state index in [0.29, 0.717) is 25.9 Å². The molecule has 0 aliphatic rings. The Morgan fingerprint density at radius 1 is 1.38 bits per heavy atom. The predicted octanol–water partition coefficient (Wildman–Crippen LogP) is -0.738. The molecule has 0 fully saturated rings. The summed E-state index contributed by atoms with van der Waals surface area (Å²) in [5, 5.41) is 17.7. The number of quaternary nitrogens is 1. The molecule has 0 aromatic rings. The highest BCUT2D eigenvalue weighted by atomic mass is 16.3. The quantitative estimate of drug-likeness (QED) is 0.364. The SMILES string of the molecule is C=C(O)CC[NH+](CO)CCC(C)=O. The Kier molecular flexibility index (Phi) is 6.18. The second kappa shape index (κ2) is 6.62. The summed E-state index contributed by atoms with van der Waals surface area (Å²) in [6.07, 6.45) is 0.932. The van der Waals surface area contributed by atoms with Gasteiger partial charge in [0.25, 0.3) is 0 Å². The van der Waals surface area contributed by atoms with Crippen LogP contribution in [0, 0.1) is 0 Å². The van der Waals surface area contributed by atoms with Gasteiger partial charge in [0.15, 0.2) is 6.73 Å². The third-order valence-corrected chi connectivity index (χ3v) is 1.82. The van der Waals surface area contributed by atoms with Gasteiger partial charge in [-0.25, -0.2) is 0 Å². The van der Waals surface area contributed by atoms with E-state index in [2.05, 4.69) is 6.58 Å². The van der Waals surface area contributed by atoms with Crippen LogP contribution in [0.1, 0.15) is 19.8 Å². The summed E-state index contributed by atoms with van der Waals surface area (Å²) in [6.45, 7) is 6.09. The molecule has 0 saturated carbocycles. The summed E-state index contributed by atoms with van der Waals surface area (Å²) in [6, 6.07) is 0. The number of hydrogen-bond donors (Lipinski definition) is 3. The third-order valence-electron chi connectivity index (χ3n) is 1.82. The predicted molar refractivity (Wildman–Crippen MR) is 49.5 cm³/mol. The lowest BCUT2D eigenvalue weighted by Gasteiger charge is -2.15. The lowest BCUT2D eigenvalue weighted by Crippen LogP contribution is -3.12. The Balaban J connectivity index is 3.63. The van der Waals surface area contributed by atoms with Crippen molar-refractivity contribution < 1.29 is 19.9 Å². The van der Waals surface area contributed by atoms with E-state index >= 15 is 0 Å². The van der Waals surface area contributed by atoms with Gasteiger partial charge in [-0.15, -0.1) is 0 Å². The molecule has 0 aromatic heterocycles. The summed E-state index contributed by atoms with van der Waals surface area (Å²) in [4.78, 5) is 11.5. The summed E-state index contributed by atoms with van der Waals surface area (Å²) in [7, 11) is 0. The van der Waals surface area contributed by atoms with Crippen molar-refractivity contribution in [2.24, 2.45) is 0 Å². The van der Waals surface area contributed by atoms with Gasteiger partial charge in [-0.3, -0.25) is 4.79 Å². The van der Waals surface area contributed by atoms with Gasteiger partial charge in [0.05, 0.1) is 31.7 Å². The van der Waals surface area contributed by atoms with Crippen LogP contribution in [0.5, 0.6) is 0 Å². The first-order valence-electron chi connectivity index (χ1n) is 4.37. The second-order valence-electron chi connectivity index (χ2n) is 3.18. The summed E-state index contributed by atoms with van der Waals surface area (Å²) in [5.74, 6) is 0.238. The Labute approximate surface area is 78.5 Å². The maximum absolute atomic E-state index is 10.6. The van der Waals surface area contributed by atoms with E-state index in [4.69, 9.17) is 10.2 Å². The van der Waals surface area contributed by atoms with Crippen molar-refractivity contribution in [2.45, 2.75) is 19.8 Å². The molecule has 76 valence electrons. The van der Waals surface area contributed by atoms with Gasteiger partial charge in [-0.1, -0.05) is 6.58 Å². The maximum atomic E-state index is 10.6. The zero-order valence-electron chi connectivity index (χ0n) is 8.05. The minimum Gasteiger partial charge on any atom is -0.513 e. The number of ketones is 1. The third kappa shape index (κ3) is 7.49. The van der Waals surface area contributed by atoms with E-state index in [-0.39, 0.29) is 18.3 Å². The van der Waals surface area contributed by atoms with Gasteiger partial charge < -0.3 is 15.1 Å². The van der Waals surface area contributed by atoms with E-state index in [1.165, 1.54) is 6.92 Å². The number of hydrogen-bond acceptors (Lipinski definition) is 3. The molecule has 0 amide bonds. The molecule has 4 nitrogen and oxygen atoms in total. The topological polar surface area (TPSA) is 62.0 Å². The van der Waals surface area contributed by atoms with Gasteiger partial charge in [-0.2, -0.15) is 0 Å². The summed E-state index contributed by atoms with van der Waals surface area (Å²) in [5.41, 5.74) is 0. The molecular weight excluding hydrogens is 170 g/mol. The Bertz CT molecular complexity index is 162. The summed E-state index contributed by atoms with van der Waals surface area (Å²) < 4.78 is 0. The molecule has 1 atom stereocenters. The zero-order valence-corrected chi connectivity index (χ0v) is 8.05. The molecule has 0 saturated heterocycles. The molecule has 0 spiro atoms. The molecule has 1 unspecified atom stereocenters. The zero-order chi connectivity index (χ0) is 10.3. The number of Topliss-reactive ketones (excluding diaryl/α,β-unsaturated/α-hetero) is 1. The first-order chi connectivity index (χ1) is 6.06. The van der Waals surface area contributed by atoms with E-state index in [1.807, 2.05) is 0 Å². The van der Waals surface area contributed by atoms with Crippen molar-refractivity contribution in [2.75, 3.05) is 19.8 Å². The van der Waals surface area contributed by atoms with Gasteiger partial charge in [0, 0.05) is 0 Å². The van der Waals surface area contributed by atoms with Gasteiger partial charge in [0.2, 0.25) is 0 Å². The Hall–Kier alpha value is -0.870. The minimum atomic E-state index is -0.0133. The van der Waals surface area contributed by atoms with Crippen LogP contribution in [0.4, 0.5) is 0 Å². The number of nitrogens with one attached hydrogen (secondary N) is 1. The Morgan fingerprint density at radius 3 is 2.31 bits per heavy atom. The first-order valence-corrected chi connectivity index (χ1v) is 4.37. The fourth-order valence-electron chi connectivity index (χ4n) is 0.957. The monoisotopic (exact) mass is 188 g/mol. The van der Waals surface area contributed by atoms with E-state index in [0.717, 1.165) is 4.90 Å². The largest absolute Gasteiger partial charge is 0.513 e. The Morgan fingerprint density at radius 2 is 1.92 bits per heavy atom. The number of carbonyl (C=O) groups is 1. The highest BCUT2D eigenvalue weighted by molar-refractivity contribution is 5.75. The molecule has 3 N–H and O–H groups in total. The molecular formula is C9H18NO3+. The highest BCUT2D eigenvalue weighted by Crippen LogP contribution is 1.85. The first kappa shape index (κ1) is 12.1. The number of aliphatic hydroxyl groups is 2. The number of carbonyl (C=O) groups excluding carboxylic acids is 1. The standard InChI is InChI=1S/C9H17NO3/c1-8(12)3-5-10(7-11)6-4-9(2)13/h11-12H,1,3-7H2,2H3/p+1. The van der Waals surface area contributed by atoms with Crippen LogP contribution >= 0.6 is 0 Å². The van der Waals surface area contributed by atoms with Crippen LogP contribution in [0.2, 0.25) is 0 Å². The van der Waals surface area contributed by atoms with Crippen molar-refractivity contribution >= 4 is 5.78 Å². The van der Waals surface area contributed by atoms with Gasteiger partial charge >= 0.3 is 0 Å². The smallest absolute Gasteiger partial charge is 0.178 e. The van der Waals surface area contributed by atoms with Crippen molar-refractivity contribution in [1.82, 2.24) is 0 Å². The fourth-order valence-corrected chi connectivity index (χ4v) is 0.957. The van der Waals surface area contributed by atoms with Crippen LogP contribution in [0.25, 0.3) is 0 Å². The van der Waals surface area contributed by atoms with E-state index in [9.17, 15) is 4.79 Å². The number of aliphatic hydroxyl groups excluding tert-OH is 2. The van der Waals surface area contributed by atoms with Crippen molar-refractivity contribution in [3.8, 4) is 0 Å². The van der Waals surface area contributed by atoms with Crippen LogP contribution in [-0.2, 0) is 4.79 Å². The van der Waals surface area contributed by atoms with Crippen molar-refractivity contribution in [1.29, 1.82) is 0 Å². The second-order valence-corrected chi connectivity index (χ2v) is 3.18. The van der Waals surface area contributed by atoms with Crippen molar-refractivity contribution in [3.63, 3.8) is 0 Å². The average Bonchev–Trinajstić information content (AvgIpc) is 2.04. The van der Waals surface area contributed by atoms with Crippen molar-refractivity contribution in [3.05, 3.63) is 12.3 Å². The molecule has 0 rings (SSSR count). The van der Waals surface area contributed by atoms with Crippen LogP contribution < -0.4 is 4.90 Å². The molecule has 0 radical (unpaired) electrons. The molecule has 0 heterocycles. The van der Waals surface area contributed by atoms with E-state index < -0.39 is 0 Å². The highest BCUT2D eigenvalue weighted by Gasteiger charge is 2.07.